The van der Waals surface area contributed by atoms with Crippen molar-refractivity contribution in [3.05, 3.63) is 28.7 Å². The summed E-state index contributed by atoms with van der Waals surface area (Å²) in [5, 5.41) is 8.48. The SMILES string of the molecule is Cc1ncc2c(C(N)=O)c(N)n(-c3c(C)sc4[nH]ncc34)c2n1. The van der Waals surface area contributed by atoms with Crippen LogP contribution in [-0.4, -0.2) is 30.6 Å². The van der Waals surface area contributed by atoms with Crippen LogP contribution in [0.5, 0.6) is 0 Å². The van der Waals surface area contributed by atoms with E-state index in [-0.39, 0.29) is 11.4 Å². The van der Waals surface area contributed by atoms with Gasteiger partial charge in [0.1, 0.15) is 16.5 Å². The molecule has 9 heteroatoms. The molecular formula is C14H13N7OS. The number of H-pyrrole nitrogens is 1. The normalized spacial score (nSPS) is 11.6. The quantitative estimate of drug-likeness (QED) is 0.515. The second kappa shape index (κ2) is 4.53. The minimum atomic E-state index is -0.602. The number of nitrogens with one attached hydrogen (secondary N) is 1. The van der Waals surface area contributed by atoms with Gasteiger partial charge < -0.3 is 11.5 Å². The second-order valence-electron chi connectivity index (χ2n) is 5.23. The molecule has 0 fully saturated rings. The van der Waals surface area contributed by atoms with Gasteiger partial charge in [-0.1, -0.05) is 0 Å². The molecule has 5 N–H and O–H groups in total. The van der Waals surface area contributed by atoms with Crippen molar-refractivity contribution in [2.75, 3.05) is 5.73 Å². The molecule has 0 aromatic carbocycles. The van der Waals surface area contributed by atoms with Gasteiger partial charge in [-0.25, -0.2) is 9.97 Å². The van der Waals surface area contributed by atoms with Crippen molar-refractivity contribution in [2.45, 2.75) is 13.8 Å². The first-order valence-electron chi connectivity index (χ1n) is 6.85. The Hall–Kier alpha value is -2.94. The van der Waals surface area contributed by atoms with Gasteiger partial charge in [0.05, 0.1) is 28.2 Å². The summed E-state index contributed by atoms with van der Waals surface area (Å²) in [4.78, 5) is 22.4. The molecule has 0 radical (unpaired) electrons. The van der Waals surface area contributed by atoms with Gasteiger partial charge in [0.15, 0.2) is 5.65 Å². The highest BCUT2D eigenvalue weighted by atomic mass is 32.1. The third-order valence-electron chi connectivity index (χ3n) is 3.79. The van der Waals surface area contributed by atoms with E-state index in [1.807, 2.05) is 6.92 Å². The number of anilines is 1. The molecule has 4 rings (SSSR count). The van der Waals surface area contributed by atoms with Crippen LogP contribution in [0.15, 0.2) is 12.4 Å². The smallest absolute Gasteiger partial charge is 0.253 e. The number of nitrogens with zero attached hydrogens (tertiary/aromatic N) is 4. The van der Waals surface area contributed by atoms with Gasteiger partial charge in [-0.2, -0.15) is 5.10 Å². The monoisotopic (exact) mass is 327 g/mol. The van der Waals surface area contributed by atoms with Crippen molar-refractivity contribution in [2.24, 2.45) is 5.73 Å². The third-order valence-corrected chi connectivity index (χ3v) is 4.80. The number of nitrogen functional groups attached to an aromatic ring is 1. The van der Waals surface area contributed by atoms with Crippen LogP contribution in [0.3, 0.4) is 0 Å². The highest BCUT2D eigenvalue weighted by Gasteiger charge is 2.24. The Morgan fingerprint density at radius 3 is 2.83 bits per heavy atom. The lowest BCUT2D eigenvalue weighted by atomic mass is 10.2. The van der Waals surface area contributed by atoms with E-state index in [9.17, 15) is 4.79 Å². The maximum absolute atomic E-state index is 11.9. The molecule has 0 bridgehead atoms. The number of aromatic nitrogens is 5. The van der Waals surface area contributed by atoms with Crippen LogP contribution in [0, 0.1) is 13.8 Å². The third kappa shape index (κ3) is 1.77. The number of carbonyl (C=O) groups excluding carboxylic acids is 1. The molecular weight excluding hydrogens is 314 g/mol. The number of rotatable bonds is 2. The van der Waals surface area contributed by atoms with Crippen LogP contribution in [0.2, 0.25) is 0 Å². The first-order valence-corrected chi connectivity index (χ1v) is 7.67. The Balaban J connectivity index is 2.21. The predicted molar refractivity (Wildman–Crippen MR) is 88.8 cm³/mol. The summed E-state index contributed by atoms with van der Waals surface area (Å²) >= 11 is 1.57. The van der Waals surface area contributed by atoms with E-state index in [0.717, 1.165) is 20.8 Å². The number of thiophene rings is 1. The van der Waals surface area contributed by atoms with E-state index in [2.05, 4.69) is 20.2 Å². The first kappa shape index (κ1) is 13.7. The fourth-order valence-electron chi connectivity index (χ4n) is 2.84. The molecule has 0 unspecified atom stereocenters. The molecule has 0 aliphatic carbocycles. The average molecular weight is 327 g/mol. The molecule has 4 heterocycles. The topological polar surface area (TPSA) is 128 Å². The lowest BCUT2D eigenvalue weighted by Crippen LogP contribution is -2.13. The van der Waals surface area contributed by atoms with Crippen LogP contribution in [0.1, 0.15) is 21.1 Å². The molecule has 4 aromatic rings. The molecule has 1 amide bonds. The number of hydrogen-bond acceptors (Lipinski definition) is 6. The summed E-state index contributed by atoms with van der Waals surface area (Å²) in [5.74, 6) is 0.245. The van der Waals surface area contributed by atoms with E-state index in [1.165, 1.54) is 0 Å². The Labute approximate surface area is 134 Å². The van der Waals surface area contributed by atoms with Gasteiger partial charge in [-0.15, -0.1) is 11.3 Å². The molecule has 0 aliphatic heterocycles. The molecule has 4 aromatic heterocycles. The summed E-state index contributed by atoms with van der Waals surface area (Å²) in [6.45, 7) is 3.77. The fourth-order valence-corrected chi connectivity index (χ4v) is 3.81. The molecule has 0 saturated carbocycles. The van der Waals surface area contributed by atoms with Gasteiger partial charge in [-0.3, -0.25) is 14.5 Å². The van der Waals surface area contributed by atoms with Crippen molar-refractivity contribution in [1.82, 2.24) is 24.7 Å². The van der Waals surface area contributed by atoms with Crippen molar-refractivity contribution < 1.29 is 4.79 Å². The molecule has 116 valence electrons. The fraction of sp³-hybridized carbons (Fsp3) is 0.143. The summed E-state index contributed by atoms with van der Waals surface area (Å²) in [7, 11) is 0. The number of amides is 1. The van der Waals surface area contributed by atoms with Crippen molar-refractivity contribution in [3.8, 4) is 5.69 Å². The maximum atomic E-state index is 11.9. The maximum Gasteiger partial charge on any atom is 0.253 e. The van der Waals surface area contributed by atoms with E-state index in [4.69, 9.17) is 11.5 Å². The largest absolute Gasteiger partial charge is 0.384 e. The molecule has 0 spiro atoms. The highest BCUT2D eigenvalue weighted by molar-refractivity contribution is 7.19. The molecule has 0 saturated heterocycles. The van der Waals surface area contributed by atoms with Crippen molar-refractivity contribution in [1.29, 1.82) is 0 Å². The first-order chi connectivity index (χ1) is 11.0. The summed E-state index contributed by atoms with van der Waals surface area (Å²) in [6.07, 6.45) is 3.32. The Bertz CT molecular complexity index is 1090. The number of primary amides is 1. The number of nitrogens with two attached hydrogens (primary N) is 2. The zero-order valence-corrected chi connectivity index (χ0v) is 13.2. The molecule has 8 nitrogen and oxygen atoms in total. The number of carbonyl (C=O) groups is 1. The number of hydrogen-bond donors (Lipinski definition) is 3. The number of aryl methyl sites for hydroxylation is 2. The predicted octanol–water partition coefficient (Wildman–Crippen LogP) is 1.66. The summed E-state index contributed by atoms with van der Waals surface area (Å²) < 4.78 is 1.76. The Kier molecular flexibility index (Phi) is 2.70. The molecule has 23 heavy (non-hydrogen) atoms. The van der Waals surface area contributed by atoms with Crippen LogP contribution in [0.4, 0.5) is 5.82 Å². The van der Waals surface area contributed by atoms with Crippen LogP contribution in [-0.2, 0) is 0 Å². The average Bonchev–Trinajstić information content (AvgIpc) is 3.10. The zero-order chi connectivity index (χ0) is 16.3. The van der Waals surface area contributed by atoms with Gasteiger partial charge in [0, 0.05) is 11.1 Å². The van der Waals surface area contributed by atoms with Gasteiger partial charge in [0.2, 0.25) is 0 Å². The van der Waals surface area contributed by atoms with Crippen molar-refractivity contribution in [3.63, 3.8) is 0 Å². The zero-order valence-electron chi connectivity index (χ0n) is 12.4. The van der Waals surface area contributed by atoms with Gasteiger partial charge >= 0.3 is 0 Å². The van der Waals surface area contributed by atoms with Crippen LogP contribution in [0.25, 0.3) is 26.9 Å². The molecule has 0 atom stereocenters. The Morgan fingerprint density at radius 2 is 2.09 bits per heavy atom. The minimum Gasteiger partial charge on any atom is -0.384 e. The van der Waals surface area contributed by atoms with E-state index in [0.29, 0.717) is 16.9 Å². The van der Waals surface area contributed by atoms with E-state index < -0.39 is 5.91 Å². The lowest BCUT2D eigenvalue weighted by molar-refractivity contribution is 0.100. The number of aromatic amines is 1. The van der Waals surface area contributed by atoms with Gasteiger partial charge in [0.25, 0.3) is 5.91 Å². The standard InChI is InChI=1S/C14H13N7OS/c1-5-10(8-4-18-20-14(8)23-5)21-11(15)9(12(16)22)7-3-17-6(2)19-13(7)21/h3-4H,15H2,1-2H3,(H2,16,22)(H,18,20). The lowest BCUT2D eigenvalue weighted by Gasteiger charge is -2.07. The molecule has 0 aliphatic rings. The van der Waals surface area contributed by atoms with E-state index in [1.54, 1.807) is 35.2 Å². The Morgan fingerprint density at radius 1 is 1.30 bits per heavy atom. The summed E-state index contributed by atoms with van der Waals surface area (Å²) in [5.41, 5.74) is 13.4. The van der Waals surface area contributed by atoms with Crippen molar-refractivity contribution >= 4 is 44.3 Å². The number of fused-ring (bicyclic) bond motifs is 2. The minimum absolute atomic E-state index is 0.238. The van der Waals surface area contributed by atoms with Crippen LogP contribution < -0.4 is 11.5 Å². The summed E-state index contributed by atoms with van der Waals surface area (Å²) in [6, 6.07) is 0. The highest BCUT2D eigenvalue weighted by Crippen LogP contribution is 2.38. The van der Waals surface area contributed by atoms with Gasteiger partial charge in [-0.05, 0) is 13.8 Å². The van der Waals surface area contributed by atoms with E-state index >= 15 is 0 Å². The van der Waals surface area contributed by atoms with Crippen LogP contribution >= 0.6 is 11.3 Å². The second-order valence-corrected chi connectivity index (χ2v) is 6.46.